The number of cyclic esters (lactones) is 1. The number of carbonyl (C=O) groups is 2. The largest absolute Gasteiger partial charge is 0.458 e. The number of carbonyl (C=O) groups excluding carboxylic acids is 2. The van der Waals surface area contributed by atoms with E-state index in [0.29, 0.717) is 23.3 Å². The number of hydrogen-bond acceptors (Lipinski definition) is 7. The summed E-state index contributed by atoms with van der Waals surface area (Å²) in [4.78, 5) is 23.6. The molecule has 0 spiro atoms. The molecule has 0 aromatic heterocycles. The van der Waals surface area contributed by atoms with E-state index in [-0.39, 0.29) is 5.92 Å². The smallest absolute Gasteiger partial charge is 0.338 e. The van der Waals surface area contributed by atoms with Crippen LogP contribution in [-0.2, 0) is 40.2 Å². The summed E-state index contributed by atoms with van der Waals surface area (Å²) in [7, 11) is -3.40. The average molecular weight is 391 g/mol. The molecule has 27 heavy (non-hydrogen) atoms. The van der Waals surface area contributed by atoms with Crippen LogP contribution in [0.2, 0.25) is 0 Å². The molecule has 1 aliphatic carbocycles. The number of rotatable bonds is 4. The van der Waals surface area contributed by atoms with Gasteiger partial charge in [0.2, 0.25) is 10.0 Å². The van der Waals surface area contributed by atoms with Gasteiger partial charge >= 0.3 is 11.9 Å². The van der Waals surface area contributed by atoms with E-state index in [1.165, 1.54) is 12.3 Å². The average Bonchev–Trinajstić information content (AvgIpc) is 3.17. The highest BCUT2D eigenvalue weighted by atomic mass is 32.2. The molecule has 1 saturated heterocycles. The molecule has 1 aromatic carbocycles. The molecule has 1 fully saturated rings. The second kappa shape index (κ2) is 6.12. The van der Waals surface area contributed by atoms with Gasteiger partial charge in [0.25, 0.3) is 6.29 Å². The van der Waals surface area contributed by atoms with Crippen LogP contribution >= 0.6 is 0 Å². The quantitative estimate of drug-likeness (QED) is 0.471. The van der Waals surface area contributed by atoms with Crippen molar-refractivity contribution >= 4 is 27.6 Å². The summed E-state index contributed by atoms with van der Waals surface area (Å²) in [5, 5.41) is 0. The zero-order chi connectivity index (χ0) is 19.3. The van der Waals surface area contributed by atoms with Crippen LogP contribution in [0, 0.1) is 5.92 Å². The molecule has 4 rings (SSSR count). The predicted molar refractivity (Wildman–Crippen MR) is 93.7 cm³/mol. The van der Waals surface area contributed by atoms with Crippen LogP contribution in [0.15, 0.2) is 41.7 Å². The first kappa shape index (κ1) is 17.6. The molecular weight excluding hydrogens is 374 g/mol. The molecule has 2 aliphatic heterocycles. The Balaban J connectivity index is 1.55. The summed E-state index contributed by atoms with van der Waals surface area (Å²) in [6.45, 7) is 1.62. The van der Waals surface area contributed by atoms with Gasteiger partial charge in [-0.15, -0.1) is 0 Å². The van der Waals surface area contributed by atoms with E-state index in [4.69, 9.17) is 14.2 Å². The van der Waals surface area contributed by atoms with Gasteiger partial charge in [-0.2, -0.15) is 0 Å². The molecule has 0 bridgehead atoms. The molecule has 0 amide bonds. The van der Waals surface area contributed by atoms with Crippen molar-refractivity contribution in [3.63, 3.8) is 0 Å². The number of esters is 2. The van der Waals surface area contributed by atoms with Crippen LogP contribution in [0.3, 0.4) is 0 Å². The lowest BCUT2D eigenvalue weighted by Crippen LogP contribution is -2.11. The van der Waals surface area contributed by atoms with Crippen LogP contribution < -0.4 is 4.72 Å². The Kier molecular flexibility index (Phi) is 3.99. The predicted octanol–water partition coefficient (Wildman–Crippen LogP) is 1.56. The molecule has 2 heterocycles. The number of hydrogen-bond donors (Lipinski definition) is 1. The molecule has 1 aromatic rings. The van der Waals surface area contributed by atoms with Crippen molar-refractivity contribution in [1.29, 1.82) is 0 Å². The minimum absolute atomic E-state index is 0.233. The Labute approximate surface area is 155 Å². The summed E-state index contributed by atoms with van der Waals surface area (Å²) >= 11 is 0. The maximum atomic E-state index is 12.2. The maximum Gasteiger partial charge on any atom is 0.338 e. The van der Waals surface area contributed by atoms with Gasteiger partial charge in [-0.3, -0.25) is 4.72 Å². The first-order valence-corrected chi connectivity index (χ1v) is 10.2. The van der Waals surface area contributed by atoms with E-state index in [1.807, 2.05) is 6.07 Å². The maximum absolute atomic E-state index is 12.2. The first-order valence-electron chi connectivity index (χ1n) is 8.28. The van der Waals surface area contributed by atoms with Crippen molar-refractivity contribution in [3.8, 4) is 0 Å². The first-order chi connectivity index (χ1) is 12.7. The Morgan fingerprint density at radius 1 is 1.22 bits per heavy atom. The molecule has 8 nitrogen and oxygen atoms in total. The summed E-state index contributed by atoms with van der Waals surface area (Å²) in [6.07, 6.45) is 3.12. The monoisotopic (exact) mass is 391 g/mol. The Hall–Kier alpha value is -2.81. The molecule has 142 valence electrons. The van der Waals surface area contributed by atoms with E-state index in [2.05, 4.69) is 4.72 Å². The lowest BCUT2D eigenvalue weighted by molar-refractivity contribution is -0.152. The van der Waals surface area contributed by atoms with E-state index in [1.54, 1.807) is 19.1 Å². The second-order valence-electron chi connectivity index (χ2n) is 6.76. The topological polar surface area (TPSA) is 108 Å². The number of ether oxygens (including phenoxy) is 3. The molecule has 0 saturated carbocycles. The molecule has 1 unspecified atom stereocenters. The zero-order valence-corrected chi connectivity index (χ0v) is 15.4. The van der Waals surface area contributed by atoms with Crippen molar-refractivity contribution in [2.24, 2.45) is 5.92 Å². The van der Waals surface area contributed by atoms with E-state index in [9.17, 15) is 18.0 Å². The van der Waals surface area contributed by atoms with Crippen molar-refractivity contribution in [2.75, 3.05) is 11.0 Å². The number of sulfonamides is 1. The van der Waals surface area contributed by atoms with Crippen molar-refractivity contribution in [3.05, 3.63) is 52.8 Å². The number of anilines is 1. The highest BCUT2D eigenvalue weighted by Crippen LogP contribution is 2.48. The second-order valence-corrected chi connectivity index (χ2v) is 8.51. The van der Waals surface area contributed by atoms with Crippen molar-refractivity contribution < 1.29 is 32.2 Å². The lowest BCUT2D eigenvalue weighted by atomic mass is 9.98. The third-order valence-electron chi connectivity index (χ3n) is 4.69. The van der Waals surface area contributed by atoms with Gasteiger partial charge in [0.05, 0.1) is 18.1 Å². The molecule has 3 atom stereocenters. The summed E-state index contributed by atoms with van der Waals surface area (Å²) < 4.78 is 41.2. The summed E-state index contributed by atoms with van der Waals surface area (Å²) in [5.41, 5.74) is 2.98. The van der Waals surface area contributed by atoms with E-state index < -0.39 is 34.4 Å². The highest BCUT2D eigenvalue weighted by molar-refractivity contribution is 7.92. The Morgan fingerprint density at radius 2 is 2.00 bits per heavy atom. The molecule has 9 heteroatoms. The van der Waals surface area contributed by atoms with Crippen molar-refractivity contribution in [1.82, 2.24) is 0 Å². The van der Waals surface area contributed by atoms with Gasteiger partial charge < -0.3 is 14.2 Å². The standard InChI is InChI=1S/C18H17NO7S/c1-9-5-15(25-17(9)20)24-8-14-13-6-10-3-4-11(19-27(2,22)23)7-12(10)16(13)26-18(14)21/h3-5,7-8,13,15-16,19H,6H2,1-2H3/b14-8+/t13-,15?,16-/m1/s1. The Morgan fingerprint density at radius 3 is 2.67 bits per heavy atom. The number of fused-ring (bicyclic) bond motifs is 3. The van der Waals surface area contributed by atoms with E-state index in [0.717, 1.165) is 17.4 Å². The molecule has 1 N–H and O–H groups in total. The molecule has 0 radical (unpaired) electrons. The van der Waals surface area contributed by atoms with Crippen LogP contribution in [-0.4, -0.2) is 32.9 Å². The zero-order valence-electron chi connectivity index (χ0n) is 14.6. The van der Waals surface area contributed by atoms with Gasteiger partial charge in [-0.25, -0.2) is 18.0 Å². The van der Waals surface area contributed by atoms with Gasteiger partial charge in [-0.1, -0.05) is 6.07 Å². The summed E-state index contributed by atoms with van der Waals surface area (Å²) in [5.74, 6) is -1.19. The van der Waals surface area contributed by atoms with Gasteiger partial charge in [0.1, 0.15) is 6.10 Å². The normalized spacial score (nSPS) is 27.7. The fourth-order valence-electron chi connectivity index (χ4n) is 3.48. The molecule has 3 aliphatic rings. The highest BCUT2D eigenvalue weighted by Gasteiger charge is 2.46. The SMILES string of the molecule is CC1=CC(O/C=C2/C(=O)O[C@@H]3c4cc(NS(C)(=O)=O)ccc4C[C@H]23)OC1=O. The fourth-order valence-corrected chi connectivity index (χ4v) is 4.04. The van der Waals surface area contributed by atoms with Crippen LogP contribution in [0.4, 0.5) is 5.69 Å². The molecular formula is C18H17NO7S. The van der Waals surface area contributed by atoms with Gasteiger partial charge in [0.15, 0.2) is 0 Å². The third kappa shape index (κ3) is 3.30. The van der Waals surface area contributed by atoms with E-state index >= 15 is 0 Å². The van der Waals surface area contributed by atoms with Crippen molar-refractivity contribution in [2.45, 2.75) is 25.7 Å². The lowest BCUT2D eigenvalue weighted by Gasteiger charge is -2.11. The third-order valence-corrected chi connectivity index (χ3v) is 5.30. The van der Waals surface area contributed by atoms with Gasteiger partial charge in [-0.05, 0) is 36.6 Å². The van der Waals surface area contributed by atoms with Gasteiger partial charge in [0, 0.05) is 23.3 Å². The fraction of sp³-hybridized carbons (Fsp3) is 0.333. The van der Waals surface area contributed by atoms with Crippen LogP contribution in [0.25, 0.3) is 0 Å². The van der Waals surface area contributed by atoms with Crippen LogP contribution in [0.5, 0.6) is 0 Å². The summed E-state index contributed by atoms with van der Waals surface area (Å²) in [6, 6.07) is 5.18. The van der Waals surface area contributed by atoms with Crippen LogP contribution in [0.1, 0.15) is 24.2 Å². The Bertz CT molecular complexity index is 1010. The minimum atomic E-state index is -3.40. The minimum Gasteiger partial charge on any atom is -0.458 e. The number of benzene rings is 1. The number of nitrogens with one attached hydrogen (secondary N) is 1.